The molecule has 1 amide bonds. The maximum Gasteiger partial charge on any atom is 0.224 e. The molecule has 3 rings (SSSR count). The Hall–Kier alpha value is -2.34. The van der Waals surface area contributed by atoms with Gasteiger partial charge in [-0.25, -0.2) is 0 Å². The van der Waals surface area contributed by atoms with Crippen molar-refractivity contribution in [2.75, 3.05) is 27.7 Å². The molecular weight excluding hydrogens is 316 g/mol. The largest absolute Gasteiger partial charge is 0.497 e. The first-order valence-electron chi connectivity index (χ1n) is 8.67. The molecule has 1 heterocycles. The molecule has 0 saturated heterocycles. The highest BCUT2D eigenvalue weighted by Crippen LogP contribution is 2.25. The summed E-state index contributed by atoms with van der Waals surface area (Å²) in [6.07, 6.45) is 4.38. The van der Waals surface area contributed by atoms with Gasteiger partial charge in [0.2, 0.25) is 5.91 Å². The molecule has 0 spiro atoms. The van der Waals surface area contributed by atoms with E-state index in [1.165, 1.54) is 5.56 Å². The van der Waals surface area contributed by atoms with Gasteiger partial charge in [0.15, 0.2) is 0 Å². The van der Waals surface area contributed by atoms with E-state index in [0.717, 1.165) is 42.8 Å². The highest BCUT2D eigenvalue weighted by Gasteiger charge is 2.27. The van der Waals surface area contributed by atoms with Crippen molar-refractivity contribution in [3.8, 4) is 5.75 Å². The van der Waals surface area contributed by atoms with E-state index in [-0.39, 0.29) is 17.9 Å². The van der Waals surface area contributed by atoms with Gasteiger partial charge in [-0.3, -0.25) is 9.89 Å². The van der Waals surface area contributed by atoms with Gasteiger partial charge in [-0.2, -0.15) is 5.10 Å². The smallest absolute Gasteiger partial charge is 0.224 e. The summed E-state index contributed by atoms with van der Waals surface area (Å²) in [5.41, 5.74) is 3.42. The van der Waals surface area contributed by atoms with Gasteiger partial charge in [-0.15, -0.1) is 0 Å². The molecule has 0 bridgehead atoms. The second-order valence-corrected chi connectivity index (χ2v) is 6.91. The van der Waals surface area contributed by atoms with E-state index in [9.17, 15) is 4.79 Å². The van der Waals surface area contributed by atoms with Crippen molar-refractivity contribution < 1.29 is 9.53 Å². The van der Waals surface area contributed by atoms with E-state index in [1.807, 2.05) is 44.6 Å². The topological polar surface area (TPSA) is 70.2 Å². The van der Waals surface area contributed by atoms with E-state index in [0.29, 0.717) is 0 Å². The normalized spacial score (nSPS) is 17.8. The Balaban J connectivity index is 1.70. The third kappa shape index (κ3) is 4.20. The second kappa shape index (κ2) is 7.70. The predicted molar refractivity (Wildman–Crippen MR) is 96.5 cm³/mol. The average molecular weight is 342 g/mol. The number of H-pyrrole nitrogens is 1. The number of rotatable bonds is 6. The lowest BCUT2D eigenvalue weighted by Gasteiger charge is -2.27. The summed E-state index contributed by atoms with van der Waals surface area (Å²) >= 11 is 0. The van der Waals surface area contributed by atoms with E-state index in [1.54, 1.807) is 7.11 Å². The quantitative estimate of drug-likeness (QED) is 0.842. The molecule has 1 aromatic carbocycles. The third-order valence-corrected chi connectivity index (χ3v) is 4.77. The van der Waals surface area contributed by atoms with Gasteiger partial charge < -0.3 is 15.0 Å². The number of amides is 1. The van der Waals surface area contributed by atoms with Crippen molar-refractivity contribution >= 4 is 5.91 Å². The van der Waals surface area contributed by atoms with Crippen LogP contribution in [0, 0.1) is 5.92 Å². The lowest BCUT2D eigenvalue weighted by Crippen LogP contribution is -2.40. The van der Waals surface area contributed by atoms with Crippen LogP contribution in [0.15, 0.2) is 30.5 Å². The SMILES string of the molecule is COc1ccc([C@@H](CN(C)C)NC(=O)[C@H]2CCc3cn[nH]c3C2)cc1. The van der Waals surface area contributed by atoms with E-state index in [2.05, 4.69) is 20.4 Å². The van der Waals surface area contributed by atoms with Crippen LogP contribution in [0.4, 0.5) is 0 Å². The molecule has 1 aromatic heterocycles. The third-order valence-electron chi connectivity index (χ3n) is 4.77. The Labute approximate surface area is 148 Å². The molecule has 25 heavy (non-hydrogen) atoms. The maximum absolute atomic E-state index is 12.8. The molecule has 134 valence electrons. The fraction of sp³-hybridized carbons (Fsp3) is 0.474. The molecule has 0 radical (unpaired) electrons. The minimum atomic E-state index is -0.0448. The number of ether oxygens (including phenoxy) is 1. The standard InChI is InChI=1S/C19H26N4O2/c1-23(2)12-18(13-6-8-16(25-3)9-7-13)21-19(24)14-4-5-15-11-20-22-17(15)10-14/h6-9,11,14,18H,4-5,10,12H2,1-3H3,(H,20,22)(H,21,24)/t14-,18+/m0/s1. The molecular formula is C19H26N4O2. The van der Waals surface area contributed by atoms with E-state index in [4.69, 9.17) is 4.74 Å². The maximum atomic E-state index is 12.8. The lowest BCUT2D eigenvalue weighted by atomic mass is 9.87. The molecule has 2 N–H and O–H groups in total. The van der Waals surface area contributed by atoms with Crippen LogP contribution >= 0.6 is 0 Å². The summed E-state index contributed by atoms with van der Waals surface area (Å²) in [5, 5.41) is 10.3. The van der Waals surface area contributed by atoms with Crippen LogP contribution in [0.2, 0.25) is 0 Å². The van der Waals surface area contributed by atoms with Crippen LogP contribution in [0.25, 0.3) is 0 Å². The summed E-state index contributed by atoms with van der Waals surface area (Å²) in [5.74, 6) is 0.927. The first kappa shape index (κ1) is 17.5. The molecule has 0 aliphatic heterocycles. The van der Waals surface area contributed by atoms with E-state index < -0.39 is 0 Å². The first-order valence-corrected chi connectivity index (χ1v) is 8.67. The Morgan fingerprint density at radius 2 is 2.16 bits per heavy atom. The van der Waals surface area contributed by atoms with Gasteiger partial charge in [0.05, 0.1) is 19.3 Å². The van der Waals surface area contributed by atoms with Crippen molar-refractivity contribution in [3.05, 3.63) is 47.3 Å². The van der Waals surface area contributed by atoms with Gasteiger partial charge in [0.25, 0.3) is 0 Å². The van der Waals surface area contributed by atoms with Crippen LogP contribution in [0.1, 0.15) is 29.3 Å². The molecule has 1 aliphatic carbocycles. The van der Waals surface area contributed by atoms with Crippen LogP contribution in [-0.4, -0.2) is 48.8 Å². The van der Waals surface area contributed by atoms with Crippen molar-refractivity contribution in [2.45, 2.75) is 25.3 Å². The zero-order valence-electron chi connectivity index (χ0n) is 15.1. The molecule has 1 aliphatic rings. The number of aromatic amines is 1. The van der Waals surface area contributed by atoms with Crippen LogP contribution in [0.3, 0.4) is 0 Å². The van der Waals surface area contributed by atoms with Gasteiger partial charge in [-0.05, 0) is 50.2 Å². The summed E-state index contributed by atoms with van der Waals surface area (Å²) in [6.45, 7) is 0.750. The number of hydrogen-bond acceptors (Lipinski definition) is 4. The molecule has 6 nitrogen and oxygen atoms in total. The Morgan fingerprint density at radius 3 is 2.84 bits per heavy atom. The first-order chi connectivity index (χ1) is 12.1. The number of aromatic nitrogens is 2. The Morgan fingerprint density at radius 1 is 1.40 bits per heavy atom. The Kier molecular flexibility index (Phi) is 5.38. The number of aryl methyl sites for hydroxylation is 1. The summed E-state index contributed by atoms with van der Waals surface area (Å²) in [6, 6.07) is 7.85. The number of benzene rings is 1. The zero-order chi connectivity index (χ0) is 17.8. The number of nitrogens with zero attached hydrogens (tertiary/aromatic N) is 2. The number of hydrogen-bond donors (Lipinski definition) is 2. The molecule has 6 heteroatoms. The van der Waals surface area contributed by atoms with E-state index >= 15 is 0 Å². The second-order valence-electron chi connectivity index (χ2n) is 6.91. The van der Waals surface area contributed by atoms with Crippen LogP contribution in [-0.2, 0) is 17.6 Å². The predicted octanol–water partition coefficient (Wildman–Crippen LogP) is 1.94. The van der Waals surface area contributed by atoms with Crippen molar-refractivity contribution in [2.24, 2.45) is 5.92 Å². The fourth-order valence-electron chi connectivity index (χ4n) is 3.36. The monoisotopic (exact) mass is 342 g/mol. The van der Waals surface area contributed by atoms with Gasteiger partial charge in [0, 0.05) is 24.6 Å². The zero-order valence-corrected chi connectivity index (χ0v) is 15.1. The van der Waals surface area contributed by atoms with Crippen molar-refractivity contribution in [1.29, 1.82) is 0 Å². The fourth-order valence-corrected chi connectivity index (χ4v) is 3.36. The lowest BCUT2D eigenvalue weighted by molar-refractivity contribution is -0.126. The number of nitrogens with one attached hydrogen (secondary N) is 2. The number of methoxy groups -OCH3 is 1. The summed E-state index contributed by atoms with van der Waals surface area (Å²) in [4.78, 5) is 14.9. The number of carbonyl (C=O) groups is 1. The van der Waals surface area contributed by atoms with Gasteiger partial charge in [-0.1, -0.05) is 12.1 Å². The van der Waals surface area contributed by atoms with Crippen LogP contribution in [0.5, 0.6) is 5.75 Å². The van der Waals surface area contributed by atoms with Gasteiger partial charge >= 0.3 is 0 Å². The molecule has 0 saturated carbocycles. The highest BCUT2D eigenvalue weighted by atomic mass is 16.5. The minimum Gasteiger partial charge on any atom is -0.497 e. The summed E-state index contributed by atoms with van der Waals surface area (Å²) < 4.78 is 5.22. The molecule has 0 unspecified atom stereocenters. The molecule has 2 atom stereocenters. The molecule has 2 aromatic rings. The average Bonchev–Trinajstić information content (AvgIpc) is 3.08. The number of carbonyl (C=O) groups excluding carboxylic acids is 1. The van der Waals surface area contributed by atoms with Crippen LogP contribution < -0.4 is 10.1 Å². The molecule has 0 fully saturated rings. The number of fused-ring (bicyclic) bond motifs is 1. The number of likely N-dealkylation sites (N-methyl/N-ethyl adjacent to an activating group) is 1. The Bertz CT molecular complexity index is 708. The van der Waals surface area contributed by atoms with Gasteiger partial charge in [0.1, 0.15) is 5.75 Å². The summed E-state index contributed by atoms with van der Waals surface area (Å²) in [7, 11) is 5.68. The van der Waals surface area contributed by atoms with Crippen molar-refractivity contribution in [3.63, 3.8) is 0 Å². The highest BCUT2D eigenvalue weighted by molar-refractivity contribution is 5.79. The van der Waals surface area contributed by atoms with Crippen molar-refractivity contribution in [1.82, 2.24) is 20.4 Å². The minimum absolute atomic E-state index is 0.00383.